The van der Waals surface area contributed by atoms with Gasteiger partial charge in [0.05, 0.1) is 12.1 Å². The second kappa shape index (κ2) is 14.1. The van der Waals surface area contributed by atoms with Crippen LogP contribution in [-0.2, 0) is 19.0 Å². The fourth-order valence-corrected chi connectivity index (χ4v) is 7.87. The summed E-state index contributed by atoms with van der Waals surface area (Å²) in [5.74, 6) is -1.48. The molecule has 1 amide bonds. The van der Waals surface area contributed by atoms with E-state index >= 15 is 0 Å². The Morgan fingerprint density at radius 3 is 2.38 bits per heavy atom. The molecule has 1 aliphatic heterocycles. The molecule has 3 aromatic carbocycles. The van der Waals surface area contributed by atoms with Crippen molar-refractivity contribution in [2.45, 2.75) is 87.3 Å². The van der Waals surface area contributed by atoms with E-state index in [2.05, 4.69) is 22.6 Å². The van der Waals surface area contributed by atoms with Gasteiger partial charge in [0.25, 0.3) is 5.91 Å². The number of carbonyl (C=O) groups excluding carboxylic acids is 1. The summed E-state index contributed by atoms with van der Waals surface area (Å²) in [4.78, 5) is 25.2. The van der Waals surface area contributed by atoms with E-state index in [9.17, 15) is 13.6 Å². The molecule has 3 heterocycles. The van der Waals surface area contributed by atoms with Crippen LogP contribution in [-0.4, -0.2) is 73.4 Å². The zero-order valence-corrected chi connectivity index (χ0v) is 29.8. The summed E-state index contributed by atoms with van der Waals surface area (Å²) in [7, 11) is 0. The molecule has 2 aromatic heterocycles. The molecule has 2 saturated carbocycles. The van der Waals surface area contributed by atoms with E-state index < -0.39 is 35.7 Å². The van der Waals surface area contributed by atoms with Gasteiger partial charge in [-0.1, -0.05) is 66.4 Å². The molecule has 0 unspecified atom stereocenters. The van der Waals surface area contributed by atoms with E-state index in [-0.39, 0.29) is 30.5 Å². The van der Waals surface area contributed by atoms with E-state index in [0.29, 0.717) is 28.6 Å². The average Bonchev–Trinajstić information content (AvgIpc) is 3.47. The number of nitrogens with zero attached hydrogens (tertiary/aromatic N) is 6. The van der Waals surface area contributed by atoms with Gasteiger partial charge >= 0.3 is 0 Å². The first-order chi connectivity index (χ1) is 25.2. The minimum Gasteiger partial charge on any atom is -0.365 e. The minimum atomic E-state index is -0.888. The standard InChI is InChI=1S/C38H39F2N7O4S/c1-4-17-52-37-42-35(41-28-19-25(28)22-15-16-26(39)27(40)18-22)32-36(43-37)47(45-44-32)29-20-30(34-33(29)50-38(2,3)51-34)49-21-31(48)46(23-11-7-5-8-12-23)24-13-9-6-10-14-24/h5-16,18,25,28-30,33-34H,4,17,19-21H2,1-3H3,(H,41,42,43)/t25-,28+,29+,30-,33-,34+/m0/s1. The Hall–Kier alpha value is -4.50. The van der Waals surface area contributed by atoms with Gasteiger partial charge in [-0.25, -0.2) is 23.4 Å². The van der Waals surface area contributed by atoms with Gasteiger partial charge in [-0.15, -0.1) is 5.10 Å². The first-order valence-electron chi connectivity index (χ1n) is 17.6. The fraction of sp³-hybridized carbons (Fsp3) is 0.395. The number of thioether (sulfide) groups is 1. The number of nitrogens with one attached hydrogen (secondary N) is 1. The summed E-state index contributed by atoms with van der Waals surface area (Å²) in [5.41, 5.74) is 3.23. The molecule has 0 spiro atoms. The van der Waals surface area contributed by atoms with Gasteiger partial charge in [0, 0.05) is 35.5 Å². The van der Waals surface area contributed by atoms with Crippen molar-refractivity contribution in [1.82, 2.24) is 25.0 Å². The zero-order valence-electron chi connectivity index (χ0n) is 29.0. The maximum atomic E-state index is 14.0. The number of amides is 1. The van der Waals surface area contributed by atoms with Gasteiger partial charge in [0.2, 0.25) is 0 Å². The molecule has 1 saturated heterocycles. The smallest absolute Gasteiger partial charge is 0.257 e. The lowest BCUT2D eigenvalue weighted by atomic mass is 10.1. The number of fused-ring (bicyclic) bond motifs is 2. The molecule has 3 fully saturated rings. The molecule has 0 bridgehead atoms. The number of para-hydroxylation sites is 2. The van der Waals surface area contributed by atoms with E-state index in [1.54, 1.807) is 15.6 Å². The number of carbonyl (C=O) groups is 1. The van der Waals surface area contributed by atoms with Crippen LogP contribution in [0.15, 0.2) is 84.0 Å². The lowest BCUT2D eigenvalue weighted by Gasteiger charge is -2.26. The second-order valence-corrected chi connectivity index (χ2v) is 14.9. The highest BCUT2D eigenvalue weighted by molar-refractivity contribution is 7.99. The highest BCUT2D eigenvalue weighted by Crippen LogP contribution is 2.47. The molecular weight excluding hydrogens is 689 g/mol. The van der Waals surface area contributed by atoms with Gasteiger partial charge in [0.1, 0.15) is 18.8 Å². The summed E-state index contributed by atoms with van der Waals surface area (Å²) in [6.45, 7) is 5.63. The van der Waals surface area contributed by atoms with Crippen LogP contribution in [0.25, 0.3) is 11.2 Å². The van der Waals surface area contributed by atoms with Gasteiger partial charge in [-0.3, -0.25) is 9.69 Å². The third-order valence-electron chi connectivity index (χ3n) is 9.62. The normalized spacial score (nSPS) is 24.6. The van der Waals surface area contributed by atoms with Crippen LogP contribution in [0.1, 0.15) is 57.6 Å². The maximum absolute atomic E-state index is 14.0. The van der Waals surface area contributed by atoms with Crippen LogP contribution < -0.4 is 10.2 Å². The van der Waals surface area contributed by atoms with Gasteiger partial charge in [-0.2, -0.15) is 0 Å². The van der Waals surface area contributed by atoms with Gasteiger partial charge in [-0.05, 0) is 68.7 Å². The highest BCUT2D eigenvalue weighted by atomic mass is 32.2. The van der Waals surface area contributed by atoms with Crippen molar-refractivity contribution in [2.24, 2.45) is 0 Å². The minimum absolute atomic E-state index is 0.00378. The molecule has 14 heteroatoms. The van der Waals surface area contributed by atoms with Crippen LogP contribution in [0.2, 0.25) is 0 Å². The second-order valence-electron chi connectivity index (χ2n) is 13.8. The first kappa shape index (κ1) is 34.6. The third kappa shape index (κ3) is 6.87. The topological polar surface area (TPSA) is 117 Å². The Labute approximate surface area is 304 Å². The predicted molar refractivity (Wildman–Crippen MR) is 193 cm³/mol. The van der Waals surface area contributed by atoms with Crippen molar-refractivity contribution in [3.8, 4) is 0 Å². The number of halogens is 2. The molecule has 5 aromatic rings. The molecule has 8 rings (SSSR count). The van der Waals surface area contributed by atoms with Crippen LogP contribution in [0, 0.1) is 11.6 Å². The summed E-state index contributed by atoms with van der Waals surface area (Å²) >= 11 is 1.54. The lowest BCUT2D eigenvalue weighted by Crippen LogP contribution is -2.36. The summed E-state index contributed by atoms with van der Waals surface area (Å²) < 4.78 is 48.6. The van der Waals surface area contributed by atoms with Gasteiger partial charge in [0.15, 0.2) is 39.6 Å². The predicted octanol–water partition coefficient (Wildman–Crippen LogP) is 7.18. The largest absolute Gasteiger partial charge is 0.365 e. The van der Waals surface area contributed by atoms with E-state index in [0.717, 1.165) is 41.6 Å². The van der Waals surface area contributed by atoms with Crippen LogP contribution >= 0.6 is 11.8 Å². The van der Waals surface area contributed by atoms with Crippen molar-refractivity contribution in [3.05, 3.63) is 96.1 Å². The zero-order chi connectivity index (χ0) is 36.0. The molecule has 2 aliphatic carbocycles. The molecular formula is C38H39F2N7O4S. The summed E-state index contributed by atoms with van der Waals surface area (Å²) in [5, 5.41) is 13.2. The number of ether oxygens (including phenoxy) is 3. The SMILES string of the molecule is CCCSc1nc(N[C@@H]2C[C@H]2c2ccc(F)c(F)c2)c2nnn([C@@H]3C[C@H](OCC(=O)N(c4ccccc4)c4ccccc4)[C@H]4OC(C)(C)O[C@H]43)c2n1. The lowest BCUT2D eigenvalue weighted by molar-refractivity contribution is -0.171. The quantitative estimate of drug-likeness (QED) is 0.105. The molecule has 11 nitrogen and oxygen atoms in total. The number of hydrogen-bond acceptors (Lipinski definition) is 10. The van der Waals surface area contributed by atoms with Gasteiger partial charge < -0.3 is 19.5 Å². The van der Waals surface area contributed by atoms with Crippen molar-refractivity contribution in [1.29, 1.82) is 0 Å². The summed E-state index contributed by atoms with van der Waals surface area (Å²) in [6.07, 6.45) is 0.718. The van der Waals surface area contributed by atoms with E-state index in [1.165, 1.54) is 17.8 Å². The highest BCUT2D eigenvalue weighted by Gasteiger charge is 2.56. The number of aromatic nitrogens is 5. The molecule has 6 atom stereocenters. The Kier molecular flexibility index (Phi) is 9.41. The fourth-order valence-electron chi connectivity index (χ4n) is 7.18. The van der Waals surface area contributed by atoms with Crippen molar-refractivity contribution in [3.63, 3.8) is 0 Å². The molecule has 1 N–H and O–H groups in total. The third-order valence-corrected chi connectivity index (χ3v) is 10.7. The number of rotatable bonds is 12. The van der Waals surface area contributed by atoms with E-state index in [4.69, 9.17) is 24.2 Å². The molecule has 52 heavy (non-hydrogen) atoms. The van der Waals surface area contributed by atoms with Crippen LogP contribution in [0.3, 0.4) is 0 Å². The monoisotopic (exact) mass is 727 g/mol. The number of hydrogen-bond donors (Lipinski definition) is 1. The Morgan fingerprint density at radius 2 is 1.69 bits per heavy atom. The van der Waals surface area contributed by atoms with Crippen molar-refractivity contribution in [2.75, 3.05) is 22.6 Å². The molecule has 0 radical (unpaired) electrons. The maximum Gasteiger partial charge on any atom is 0.257 e. The Bertz CT molecular complexity index is 2030. The number of benzene rings is 3. The van der Waals surface area contributed by atoms with Crippen molar-refractivity contribution < 1.29 is 27.8 Å². The van der Waals surface area contributed by atoms with Crippen molar-refractivity contribution >= 4 is 46.0 Å². The molecule has 270 valence electrons. The van der Waals surface area contributed by atoms with E-state index in [1.807, 2.05) is 74.5 Å². The van der Waals surface area contributed by atoms with Crippen LogP contribution in [0.4, 0.5) is 26.0 Å². The first-order valence-corrected chi connectivity index (χ1v) is 18.5. The van der Waals surface area contributed by atoms with Crippen LogP contribution in [0.5, 0.6) is 0 Å². The Balaban J connectivity index is 1.06. The molecule has 3 aliphatic rings. The Morgan fingerprint density at radius 1 is 0.981 bits per heavy atom. The summed E-state index contributed by atoms with van der Waals surface area (Å²) in [6, 6.07) is 22.6. The number of anilines is 3. The average molecular weight is 728 g/mol.